The van der Waals surface area contributed by atoms with E-state index in [0.29, 0.717) is 31.2 Å². The lowest BCUT2D eigenvalue weighted by molar-refractivity contribution is 0.384. The van der Waals surface area contributed by atoms with Gasteiger partial charge < -0.3 is 4.90 Å². The molecule has 0 bridgehead atoms. The average molecular weight is 369 g/mol. The van der Waals surface area contributed by atoms with Gasteiger partial charge in [0.2, 0.25) is 10.0 Å². The summed E-state index contributed by atoms with van der Waals surface area (Å²) in [4.78, 5) is 11.4. The molecule has 8 heteroatoms. The van der Waals surface area contributed by atoms with Gasteiger partial charge in [0.15, 0.2) is 0 Å². The Balaban J connectivity index is 1.93. The molecule has 1 aliphatic heterocycles. The highest BCUT2D eigenvalue weighted by Crippen LogP contribution is 2.27. The molecule has 2 heterocycles. The molecule has 130 valence electrons. The number of benzene rings is 1. The van der Waals surface area contributed by atoms with Crippen LogP contribution in [0, 0.1) is 0 Å². The Morgan fingerprint density at radius 2 is 1.83 bits per heavy atom. The number of nitrogens with zero attached hydrogens (tertiary/aromatic N) is 4. The van der Waals surface area contributed by atoms with E-state index in [-0.39, 0.29) is 5.75 Å². The van der Waals surface area contributed by atoms with Crippen LogP contribution in [0.15, 0.2) is 18.2 Å². The van der Waals surface area contributed by atoms with E-state index in [1.807, 2.05) is 25.1 Å². The second kappa shape index (κ2) is 6.82. The third-order valence-electron chi connectivity index (χ3n) is 4.30. The number of fused-ring (bicyclic) bond motifs is 1. The summed E-state index contributed by atoms with van der Waals surface area (Å²) < 4.78 is 25.6. The van der Waals surface area contributed by atoms with Crippen LogP contribution in [-0.2, 0) is 16.4 Å². The number of halogens is 1. The minimum atomic E-state index is -3.13. The first kappa shape index (κ1) is 17.4. The van der Waals surface area contributed by atoms with Gasteiger partial charge in [0, 0.05) is 43.0 Å². The fraction of sp³-hybridized carbons (Fsp3) is 0.500. The van der Waals surface area contributed by atoms with Gasteiger partial charge in [0.25, 0.3) is 0 Å². The van der Waals surface area contributed by atoms with Crippen molar-refractivity contribution in [3.05, 3.63) is 29.0 Å². The van der Waals surface area contributed by atoms with Gasteiger partial charge in [-0.05, 0) is 25.1 Å². The second-order valence-corrected chi connectivity index (χ2v) is 8.46. The standard InChI is InChI=1S/C16H21ClN4O2S/c1-3-15-18-14-11-12(17)5-6-13(14)16(19-15)20-7-9-21(10-8-20)24(22,23)4-2/h5-6,11H,3-4,7-10H2,1-2H3. The molecule has 1 aromatic carbocycles. The zero-order valence-corrected chi connectivity index (χ0v) is 15.4. The number of piperazine rings is 1. The van der Waals surface area contributed by atoms with Crippen LogP contribution >= 0.6 is 11.6 Å². The van der Waals surface area contributed by atoms with Crippen molar-refractivity contribution in [2.75, 3.05) is 36.8 Å². The Morgan fingerprint density at radius 3 is 2.46 bits per heavy atom. The lowest BCUT2D eigenvalue weighted by Gasteiger charge is -2.35. The van der Waals surface area contributed by atoms with E-state index in [1.165, 1.54) is 0 Å². The first-order valence-electron chi connectivity index (χ1n) is 8.13. The monoisotopic (exact) mass is 368 g/mol. The molecular formula is C16H21ClN4O2S. The lowest BCUT2D eigenvalue weighted by atomic mass is 10.2. The van der Waals surface area contributed by atoms with Gasteiger partial charge in [0.05, 0.1) is 11.3 Å². The largest absolute Gasteiger partial charge is 0.353 e. The Kier molecular flexibility index (Phi) is 4.94. The van der Waals surface area contributed by atoms with Crippen LogP contribution in [0.5, 0.6) is 0 Å². The van der Waals surface area contributed by atoms with Crippen LogP contribution in [-0.4, -0.2) is 54.6 Å². The molecule has 24 heavy (non-hydrogen) atoms. The molecule has 0 radical (unpaired) electrons. The molecular weight excluding hydrogens is 348 g/mol. The predicted octanol–water partition coefficient (Wildman–Crippen LogP) is 2.32. The van der Waals surface area contributed by atoms with E-state index in [2.05, 4.69) is 14.9 Å². The molecule has 3 rings (SSSR count). The maximum absolute atomic E-state index is 12.0. The first-order valence-corrected chi connectivity index (χ1v) is 10.1. The highest BCUT2D eigenvalue weighted by molar-refractivity contribution is 7.89. The minimum Gasteiger partial charge on any atom is -0.353 e. The van der Waals surface area contributed by atoms with Gasteiger partial charge in [-0.1, -0.05) is 18.5 Å². The van der Waals surface area contributed by atoms with Crippen LogP contribution in [0.2, 0.25) is 5.02 Å². The van der Waals surface area contributed by atoms with Gasteiger partial charge in [0.1, 0.15) is 11.6 Å². The minimum absolute atomic E-state index is 0.141. The van der Waals surface area contributed by atoms with Crippen molar-refractivity contribution < 1.29 is 8.42 Å². The zero-order valence-electron chi connectivity index (χ0n) is 13.9. The fourth-order valence-electron chi connectivity index (χ4n) is 2.89. The van der Waals surface area contributed by atoms with Crippen LogP contribution in [0.3, 0.4) is 0 Å². The summed E-state index contributed by atoms with van der Waals surface area (Å²) in [6.45, 7) is 5.90. The number of aryl methyl sites for hydroxylation is 1. The number of hydrogen-bond donors (Lipinski definition) is 0. The smallest absolute Gasteiger partial charge is 0.213 e. The third kappa shape index (κ3) is 3.34. The summed E-state index contributed by atoms with van der Waals surface area (Å²) in [6, 6.07) is 5.61. The van der Waals surface area contributed by atoms with Crippen LogP contribution < -0.4 is 4.90 Å². The van der Waals surface area contributed by atoms with E-state index in [9.17, 15) is 8.42 Å². The van der Waals surface area contributed by atoms with Crippen molar-refractivity contribution in [3.8, 4) is 0 Å². The molecule has 1 fully saturated rings. The van der Waals surface area contributed by atoms with Crippen LogP contribution in [0.4, 0.5) is 5.82 Å². The maximum atomic E-state index is 12.0. The molecule has 0 unspecified atom stereocenters. The second-order valence-electron chi connectivity index (χ2n) is 5.77. The Bertz CT molecular complexity index is 849. The van der Waals surface area contributed by atoms with E-state index >= 15 is 0 Å². The molecule has 0 spiro atoms. The van der Waals surface area contributed by atoms with Gasteiger partial charge in [-0.3, -0.25) is 0 Å². The quantitative estimate of drug-likeness (QED) is 0.828. The van der Waals surface area contributed by atoms with Gasteiger partial charge in [-0.15, -0.1) is 0 Å². The Morgan fingerprint density at radius 1 is 1.12 bits per heavy atom. The summed E-state index contributed by atoms with van der Waals surface area (Å²) in [6.07, 6.45) is 0.736. The maximum Gasteiger partial charge on any atom is 0.213 e. The molecule has 1 saturated heterocycles. The van der Waals surface area contributed by atoms with E-state index in [1.54, 1.807) is 11.2 Å². The highest BCUT2D eigenvalue weighted by atomic mass is 35.5. The van der Waals surface area contributed by atoms with Gasteiger partial charge in [-0.25, -0.2) is 18.4 Å². The van der Waals surface area contributed by atoms with Gasteiger partial charge >= 0.3 is 0 Å². The molecule has 0 aliphatic carbocycles. The van der Waals surface area contributed by atoms with Crippen LogP contribution in [0.25, 0.3) is 10.9 Å². The van der Waals surface area contributed by atoms with Gasteiger partial charge in [-0.2, -0.15) is 4.31 Å². The lowest BCUT2D eigenvalue weighted by Crippen LogP contribution is -2.49. The number of sulfonamides is 1. The Hall–Kier alpha value is -1.44. The molecule has 0 N–H and O–H groups in total. The molecule has 1 aromatic heterocycles. The number of hydrogen-bond acceptors (Lipinski definition) is 5. The van der Waals surface area contributed by atoms with Crippen molar-refractivity contribution in [1.29, 1.82) is 0 Å². The van der Waals surface area contributed by atoms with E-state index in [0.717, 1.165) is 29.0 Å². The zero-order chi connectivity index (χ0) is 17.3. The first-order chi connectivity index (χ1) is 11.4. The topological polar surface area (TPSA) is 66.4 Å². The number of anilines is 1. The van der Waals surface area contributed by atoms with E-state index in [4.69, 9.17) is 11.6 Å². The summed E-state index contributed by atoms with van der Waals surface area (Å²) >= 11 is 6.09. The normalized spacial score (nSPS) is 16.7. The highest BCUT2D eigenvalue weighted by Gasteiger charge is 2.27. The number of aromatic nitrogens is 2. The summed E-state index contributed by atoms with van der Waals surface area (Å²) in [7, 11) is -3.13. The summed E-state index contributed by atoms with van der Waals surface area (Å²) in [5, 5.41) is 1.59. The van der Waals surface area contributed by atoms with Crippen LogP contribution in [0.1, 0.15) is 19.7 Å². The third-order valence-corrected chi connectivity index (χ3v) is 6.41. The van der Waals surface area contributed by atoms with Crippen molar-refractivity contribution in [2.45, 2.75) is 20.3 Å². The number of rotatable bonds is 4. The SMILES string of the molecule is CCc1nc(N2CCN(S(=O)(=O)CC)CC2)c2ccc(Cl)cc2n1. The fourth-order valence-corrected chi connectivity index (χ4v) is 4.14. The molecule has 1 aliphatic rings. The Labute approximate surface area is 147 Å². The van der Waals surface area contributed by atoms with Crippen molar-refractivity contribution in [1.82, 2.24) is 14.3 Å². The molecule has 0 atom stereocenters. The molecule has 0 amide bonds. The van der Waals surface area contributed by atoms with Crippen molar-refractivity contribution in [2.24, 2.45) is 0 Å². The summed E-state index contributed by atoms with van der Waals surface area (Å²) in [5.41, 5.74) is 0.827. The summed E-state index contributed by atoms with van der Waals surface area (Å²) in [5.74, 6) is 1.77. The average Bonchev–Trinajstić information content (AvgIpc) is 2.60. The van der Waals surface area contributed by atoms with E-state index < -0.39 is 10.0 Å². The molecule has 0 saturated carbocycles. The molecule has 2 aromatic rings. The predicted molar refractivity (Wildman–Crippen MR) is 97.2 cm³/mol. The van der Waals surface area contributed by atoms with Crippen molar-refractivity contribution >= 4 is 38.3 Å². The molecule has 6 nitrogen and oxygen atoms in total. The van der Waals surface area contributed by atoms with Crippen molar-refractivity contribution in [3.63, 3.8) is 0 Å².